The molecule has 0 aromatic carbocycles. The van der Waals surface area contributed by atoms with Gasteiger partial charge in [-0.3, -0.25) is 0 Å². The van der Waals surface area contributed by atoms with Gasteiger partial charge in [0.2, 0.25) is 5.88 Å². The molecule has 2 aromatic heterocycles. The Kier molecular flexibility index (Phi) is 2.41. The van der Waals surface area contributed by atoms with Crippen LogP contribution >= 0.6 is 11.5 Å². The fourth-order valence-electron chi connectivity index (χ4n) is 2.01. The molecule has 0 saturated heterocycles. The largest absolute Gasteiger partial charge is 0.480 e. The summed E-state index contributed by atoms with van der Waals surface area (Å²) in [5, 5.41) is 3.47. The lowest BCUT2D eigenvalue weighted by Gasteiger charge is -2.21. The highest BCUT2D eigenvalue weighted by Crippen LogP contribution is 2.33. The normalized spacial score (nSPS) is 19.4. The maximum Gasteiger partial charge on any atom is 0.225 e. The Morgan fingerprint density at radius 2 is 2.56 bits per heavy atom. The fraction of sp³-hybridized carbons (Fsp3) is 0.364. The Bertz CT molecular complexity index is 492. The summed E-state index contributed by atoms with van der Waals surface area (Å²) < 4.78 is 14.8. The summed E-state index contributed by atoms with van der Waals surface area (Å²) in [4.78, 5) is 1.17. The molecule has 0 bridgehead atoms. The van der Waals surface area contributed by atoms with E-state index in [1.54, 1.807) is 13.4 Å². The molecule has 0 saturated carbocycles. The van der Waals surface area contributed by atoms with Gasteiger partial charge in [-0.05, 0) is 17.6 Å². The summed E-state index contributed by atoms with van der Waals surface area (Å²) in [6, 6.07) is 4.20. The van der Waals surface area contributed by atoms with Crippen molar-refractivity contribution in [1.29, 1.82) is 0 Å². The quantitative estimate of drug-likeness (QED) is 0.866. The third-order valence-corrected chi connectivity index (χ3v) is 3.63. The summed E-state index contributed by atoms with van der Waals surface area (Å²) in [5.41, 5.74) is 1.22. The van der Waals surface area contributed by atoms with E-state index < -0.39 is 0 Å². The molecule has 5 heteroatoms. The number of ether oxygens (including phenoxy) is 1. The molecule has 16 heavy (non-hydrogen) atoms. The topological polar surface area (TPSA) is 47.3 Å². The molecule has 1 unspecified atom stereocenters. The molecule has 3 rings (SSSR count). The van der Waals surface area contributed by atoms with Gasteiger partial charge in [-0.2, -0.15) is 4.37 Å². The van der Waals surface area contributed by atoms with E-state index in [2.05, 4.69) is 9.69 Å². The molecule has 0 aliphatic carbocycles. The molecule has 4 nitrogen and oxygen atoms in total. The van der Waals surface area contributed by atoms with Gasteiger partial charge in [-0.25, -0.2) is 0 Å². The van der Waals surface area contributed by atoms with E-state index in [9.17, 15) is 0 Å². The number of hydrogen-bond acceptors (Lipinski definition) is 5. The molecule has 1 aliphatic heterocycles. The lowest BCUT2D eigenvalue weighted by molar-refractivity contribution is 0.402. The molecule has 0 amide bonds. The molecular formula is C11H12N2O2S. The Morgan fingerprint density at radius 1 is 1.62 bits per heavy atom. The lowest BCUT2D eigenvalue weighted by Crippen LogP contribution is -2.29. The zero-order valence-electron chi connectivity index (χ0n) is 8.90. The van der Waals surface area contributed by atoms with Crippen LogP contribution in [0.1, 0.15) is 22.2 Å². The van der Waals surface area contributed by atoms with Crippen LogP contribution in [0.5, 0.6) is 5.88 Å². The van der Waals surface area contributed by atoms with E-state index in [0.717, 1.165) is 18.7 Å². The standard InChI is InChI=1S/C11H12N2O2S/c1-14-10-6-9(16-13-10)11-7-3-5-15-8(7)2-4-12-11/h3,5-6,11-12H,2,4H2,1H3. The second-order valence-electron chi connectivity index (χ2n) is 3.71. The van der Waals surface area contributed by atoms with Crippen LogP contribution in [0.25, 0.3) is 0 Å². The van der Waals surface area contributed by atoms with Crippen molar-refractivity contribution in [3.05, 3.63) is 34.6 Å². The molecule has 1 atom stereocenters. The molecule has 0 spiro atoms. The molecule has 0 radical (unpaired) electrons. The highest BCUT2D eigenvalue weighted by Gasteiger charge is 2.25. The first-order valence-electron chi connectivity index (χ1n) is 5.18. The number of fused-ring (bicyclic) bond motifs is 1. The van der Waals surface area contributed by atoms with E-state index >= 15 is 0 Å². The number of nitrogens with zero attached hydrogens (tertiary/aromatic N) is 1. The van der Waals surface area contributed by atoms with E-state index in [0.29, 0.717) is 5.88 Å². The molecule has 0 fully saturated rings. The van der Waals surface area contributed by atoms with Crippen molar-refractivity contribution in [3.63, 3.8) is 0 Å². The van der Waals surface area contributed by atoms with Gasteiger partial charge in [0.05, 0.1) is 24.3 Å². The van der Waals surface area contributed by atoms with Crippen molar-refractivity contribution >= 4 is 11.5 Å². The van der Waals surface area contributed by atoms with Gasteiger partial charge in [0, 0.05) is 24.6 Å². The highest BCUT2D eigenvalue weighted by molar-refractivity contribution is 7.06. The Morgan fingerprint density at radius 3 is 3.38 bits per heavy atom. The summed E-state index contributed by atoms with van der Waals surface area (Å²) in [6.45, 7) is 0.936. The van der Waals surface area contributed by atoms with Gasteiger partial charge in [-0.1, -0.05) is 0 Å². The van der Waals surface area contributed by atoms with Crippen LogP contribution in [0.15, 0.2) is 22.8 Å². The zero-order valence-corrected chi connectivity index (χ0v) is 9.71. The first-order chi connectivity index (χ1) is 7.88. The molecule has 2 aromatic rings. The summed E-state index contributed by atoms with van der Waals surface area (Å²) >= 11 is 1.47. The third kappa shape index (κ3) is 1.52. The van der Waals surface area contributed by atoms with Gasteiger partial charge in [0.25, 0.3) is 0 Å². The maximum atomic E-state index is 5.45. The maximum absolute atomic E-state index is 5.45. The van der Waals surface area contributed by atoms with Crippen molar-refractivity contribution in [3.8, 4) is 5.88 Å². The smallest absolute Gasteiger partial charge is 0.225 e. The van der Waals surface area contributed by atoms with Crippen LogP contribution < -0.4 is 10.1 Å². The fourth-order valence-corrected chi connectivity index (χ4v) is 2.80. The summed E-state index contributed by atoms with van der Waals surface area (Å²) in [5.74, 6) is 1.76. The Balaban J connectivity index is 1.97. The van der Waals surface area contributed by atoms with Gasteiger partial charge >= 0.3 is 0 Å². The number of rotatable bonds is 2. The first kappa shape index (κ1) is 9.86. The minimum Gasteiger partial charge on any atom is -0.480 e. The lowest BCUT2D eigenvalue weighted by atomic mass is 10.0. The van der Waals surface area contributed by atoms with E-state index in [4.69, 9.17) is 9.15 Å². The molecular weight excluding hydrogens is 224 g/mol. The van der Waals surface area contributed by atoms with Crippen molar-refractivity contribution in [1.82, 2.24) is 9.69 Å². The predicted molar refractivity (Wildman–Crippen MR) is 60.9 cm³/mol. The summed E-state index contributed by atoms with van der Waals surface area (Å²) in [6.07, 6.45) is 2.71. The van der Waals surface area contributed by atoms with Crippen molar-refractivity contribution in [2.75, 3.05) is 13.7 Å². The SMILES string of the molecule is COc1cc(C2NCCc3occc32)sn1. The van der Waals surface area contributed by atoms with Crippen LogP contribution in [0.2, 0.25) is 0 Å². The monoisotopic (exact) mass is 236 g/mol. The van der Waals surface area contributed by atoms with Gasteiger partial charge in [0.15, 0.2) is 0 Å². The minimum absolute atomic E-state index is 0.198. The van der Waals surface area contributed by atoms with Crippen LogP contribution in [0.3, 0.4) is 0 Å². The van der Waals surface area contributed by atoms with Crippen LogP contribution in [0, 0.1) is 0 Å². The Hall–Kier alpha value is -1.33. The van der Waals surface area contributed by atoms with Gasteiger partial charge in [-0.15, -0.1) is 0 Å². The average Bonchev–Trinajstić information content (AvgIpc) is 2.97. The first-order valence-corrected chi connectivity index (χ1v) is 5.96. The van der Waals surface area contributed by atoms with Crippen molar-refractivity contribution in [2.45, 2.75) is 12.5 Å². The van der Waals surface area contributed by atoms with Crippen LogP contribution in [-0.2, 0) is 6.42 Å². The number of methoxy groups -OCH3 is 1. The minimum atomic E-state index is 0.198. The third-order valence-electron chi connectivity index (χ3n) is 2.79. The van der Waals surface area contributed by atoms with Gasteiger partial charge in [0.1, 0.15) is 5.76 Å². The van der Waals surface area contributed by atoms with E-state index in [1.165, 1.54) is 22.0 Å². The van der Waals surface area contributed by atoms with Crippen molar-refractivity contribution < 1.29 is 9.15 Å². The second kappa shape index (κ2) is 3.92. The van der Waals surface area contributed by atoms with E-state index in [-0.39, 0.29) is 6.04 Å². The van der Waals surface area contributed by atoms with Gasteiger partial charge < -0.3 is 14.5 Å². The van der Waals surface area contributed by atoms with Crippen molar-refractivity contribution in [2.24, 2.45) is 0 Å². The van der Waals surface area contributed by atoms with Crippen LogP contribution in [-0.4, -0.2) is 18.0 Å². The number of aromatic nitrogens is 1. The predicted octanol–water partition coefficient (Wildman–Crippen LogP) is 1.98. The molecule has 3 heterocycles. The molecule has 1 aliphatic rings. The zero-order chi connectivity index (χ0) is 11.0. The number of nitrogens with one attached hydrogen (secondary N) is 1. The Labute approximate surface area is 97.4 Å². The average molecular weight is 236 g/mol. The summed E-state index contributed by atoms with van der Waals surface area (Å²) in [7, 11) is 1.64. The molecule has 1 N–H and O–H groups in total. The second-order valence-corrected chi connectivity index (χ2v) is 4.54. The van der Waals surface area contributed by atoms with E-state index in [1.807, 2.05) is 12.1 Å². The number of hydrogen-bond donors (Lipinski definition) is 1. The van der Waals surface area contributed by atoms with Crippen LogP contribution in [0.4, 0.5) is 0 Å². The molecule has 84 valence electrons. The number of furan rings is 1. The highest BCUT2D eigenvalue weighted by atomic mass is 32.1.